The predicted molar refractivity (Wildman–Crippen MR) is 65.1 cm³/mol. The molecule has 0 heterocycles. The molecule has 0 aliphatic carbocycles. The molecule has 90 valence electrons. The van der Waals surface area contributed by atoms with Crippen LogP contribution in [-0.4, -0.2) is 20.8 Å². The maximum atomic E-state index is 11.6. The zero-order valence-electron chi connectivity index (χ0n) is 9.52. The summed E-state index contributed by atoms with van der Waals surface area (Å²) < 4.78 is 30.7. The molecule has 3 N–H and O–H groups in total. The maximum absolute atomic E-state index is 11.6. The van der Waals surface area contributed by atoms with Crippen molar-refractivity contribution in [2.24, 2.45) is 0 Å². The van der Waals surface area contributed by atoms with Crippen LogP contribution in [0.25, 0.3) is 0 Å². The van der Waals surface area contributed by atoms with Crippen LogP contribution in [0.3, 0.4) is 0 Å². The topological polar surface area (TPSA) is 81.4 Å². The second-order valence-corrected chi connectivity index (χ2v) is 5.89. The number of nitrogen functional groups attached to an aromatic ring is 1. The van der Waals surface area contributed by atoms with Crippen molar-refractivity contribution in [2.45, 2.75) is 19.1 Å². The van der Waals surface area contributed by atoms with E-state index in [0.717, 1.165) is 0 Å². The Morgan fingerprint density at radius 1 is 1.38 bits per heavy atom. The molecule has 0 amide bonds. The molecule has 0 unspecified atom stereocenters. The highest BCUT2D eigenvalue weighted by atomic mass is 32.2. The van der Waals surface area contributed by atoms with E-state index < -0.39 is 15.3 Å². The van der Waals surface area contributed by atoms with Crippen molar-refractivity contribution in [3.05, 3.63) is 18.2 Å². The summed E-state index contributed by atoms with van der Waals surface area (Å²) in [6.07, 6.45) is 0. The van der Waals surface area contributed by atoms with Crippen LogP contribution in [0.2, 0.25) is 0 Å². The highest BCUT2D eigenvalue weighted by Crippen LogP contribution is 2.25. The van der Waals surface area contributed by atoms with Crippen molar-refractivity contribution >= 4 is 21.4 Å². The number of nitrogens with two attached hydrogens (primary N) is 1. The van der Waals surface area contributed by atoms with Gasteiger partial charge in [0.05, 0.1) is 23.7 Å². The smallest absolute Gasteiger partial charge is 0.235 e. The summed E-state index contributed by atoms with van der Waals surface area (Å²) in [7, 11) is -1.88. The van der Waals surface area contributed by atoms with E-state index in [1.807, 2.05) is 0 Å². The molecular formula is C10H16N2O3S. The van der Waals surface area contributed by atoms with Gasteiger partial charge in [0.2, 0.25) is 10.0 Å². The van der Waals surface area contributed by atoms with E-state index in [1.165, 1.54) is 7.11 Å². The van der Waals surface area contributed by atoms with E-state index >= 15 is 0 Å². The normalized spacial score (nSPS) is 11.5. The molecule has 0 radical (unpaired) electrons. The van der Waals surface area contributed by atoms with Gasteiger partial charge in [-0.3, -0.25) is 4.72 Å². The summed E-state index contributed by atoms with van der Waals surface area (Å²) in [5.41, 5.74) is 6.38. The Balaban J connectivity index is 3.06. The van der Waals surface area contributed by atoms with Gasteiger partial charge in [-0.2, -0.15) is 0 Å². The second-order valence-electron chi connectivity index (χ2n) is 3.65. The van der Waals surface area contributed by atoms with Gasteiger partial charge in [0, 0.05) is 6.07 Å². The fourth-order valence-electron chi connectivity index (χ4n) is 1.02. The fraction of sp³-hybridized carbons (Fsp3) is 0.400. The Hall–Kier alpha value is -1.43. The summed E-state index contributed by atoms with van der Waals surface area (Å²) in [6, 6.07) is 4.81. The molecule has 0 bridgehead atoms. The summed E-state index contributed by atoms with van der Waals surface area (Å²) in [5.74, 6) is 0.552. The van der Waals surface area contributed by atoms with E-state index in [9.17, 15) is 8.42 Å². The Kier molecular flexibility index (Phi) is 3.64. The summed E-state index contributed by atoms with van der Waals surface area (Å²) in [4.78, 5) is 0. The Morgan fingerprint density at radius 2 is 2.00 bits per heavy atom. The number of hydrogen-bond acceptors (Lipinski definition) is 4. The molecule has 0 aromatic heterocycles. The minimum Gasteiger partial charge on any atom is -0.497 e. The van der Waals surface area contributed by atoms with Crippen LogP contribution in [0.1, 0.15) is 13.8 Å². The van der Waals surface area contributed by atoms with E-state index in [4.69, 9.17) is 10.5 Å². The predicted octanol–water partition coefficient (Wildman–Crippen LogP) is 1.43. The number of benzene rings is 1. The first-order chi connectivity index (χ1) is 7.36. The third-order valence-corrected chi connectivity index (χ3v) is 3.88. The van der Waals surface area contributed by atoms with E-state index in [0.29, 0.717) is 17.1 Å². The highest BCUT2D eigenvalue weighted by molar-refractivity contribution is 7.93. The van der Waals surface area contributed by atoms with Crippen molar-refractivity contribution in [1.82, 2.24) is 0 Å². The van der Waals surface area contributed by atoms with Crippen LogP contribution in [0, 0.1) is 0 Å². The average Bonchev–Trinajstić information content (AvgIpc) is 2.21. The summed E-state index contributed by atoms with van der Waals surface area (Å²) in [6.45, 7) is 3.19. The van der Waals surface area contributed by atoms with Gasteiger partial charge in [0.25, 0.3) is 0 Å². The van der Waals surface area contributed by atoms with E-state index in [1.54, 1.807) is 32.0 Å². The minimum atomic E-state index is -3.38. The van der Waals surface area contributed by atoms with Gasteiger partial charge in [0.1, 0.15) is 5.75 Å². The summed E-state index contributed by atoms with van der Waals surface area (Å²) >= 11 is 0. The van der Waals surface area contributed by atoms with Crippen LogP contribution in [0.4, 0.5) is 11.4 Å². The molecule has 0 atom stereocenters. The fourth-order valence-corrected chi connectivity index (χ4v) is 1.74. The molecule has 0 saturated carbocycles. The molecule has 5 nitrogen and oxygen atoms in total. The number of rotatable bonds is 4. The van der Waals surface area contributed by atoms with Gasteiger partial charge in [-0.25, -0.2) is 8.42 Å². The molecule has 0 fully saturated rings. The molecule has 1 aromatic rings. The number of methoxy groups -OCH3 is 1. The number of anilines is 2. The monoisotopic (exact) mass is 244 g/mol. The first-order valence-electron chi connectivity index (χ1n) is 4.82. The Bertz CT molecular complexity index is 469. The zero-order valence-corrected chi connectivity index (χ0v) is 10.3. The second kappa shape index (κ2) is 4.61. The molecule has 0 aliphatic rings. The average molecular weight is 244 g/mol. The van der Waals surface area contributed by atoms with Crippen molar-refractivity contribution in [2.75, 3.05) is 17.6 Å². The lowest BCUT2D eigenvalue weighted by Gasteiger charge is -2.13. The van der Waals surface area contributed by atoms with Gasteiger partial charge in [0.15, 0.2) is 0 Å². The molecule has 16 heavy (non-hydrogen) atoms. The lowest BCUT2D eigenvalue weighted by atomic mass is 10.2. The quantitative estimate of drug-likeness (QED) is 0.785. The largest absolute Gasteiger partial charge is 0.497 e. The van der Waals surface area contributed by atoms with Crippen molar-refractivity contribution < 1.29 is 13.2 Å². The third-order valence-electron chi connectivity index (χ3n) is 2.13. The van der Waals surface area contributed by atoms with Crippen molar-refractivity contribution in [3.8, 4) is 5.75 Å². The zero-order chi connectivity index (χ0) is 12.3. The lowest BCUT2D eigenvalue weighted by Crippen LogP contribution is -2.23. The minimum absolute atomic E-state index is 0.341. The van der Waals surface area contributed by atoms with Crippen LogP contribution in [0.15, 0.2) is 18.2 Å². The SMILES string of the molecule is COc1ccc(N)c(NS(=O)(=O)C(C)C)c1. The van der Waals surface area contributed by atoms with Gasteiger partial charge in [-0.05, 0) is 26.0 Å². The third kappa shape index (κ3) is 2.79. The van der Waals surface area contributed by atoms with Gasteiger partial charge in [-0.15, -0.1) is 0 Å². The Morgan fingerprint density at radius 3 is 2.50 bits per heavy atom. The van der Waals surface area contributed by atoms with Gasteiger partial charge >= 0.3 is 0 Å². The summed E-state index contributed by atoms with van der Waals surface area (Å²) in [5, 5.41) is -0.516. The highest BCUT2D eigenvalue weighted by Gasteiger charge is 2.17. The van der Waals surface area contributed by atoms with Gasteiger partial charge in [-0.1, -0.05) is 0 Å². The number of ether oxygens (including phenoxy) is 1. The van der Waals surface area contributed by atoms with Gasteiger partial charge < -0.3 is 10.5 Å². The van der Waals surface area contributed by atoms with E-state index in [-0.39, 0.29) is 0 Å². The molecule has 1 rings (SSSR count). The number of hydrogen-bond donors (Lipinski definition) is 2. The number of nitrogens with one attached hydrogen (secondary N) is 1. The van der Waals surface area contributed by atoms with Crippen LogP contribution in [-0.2, 0) is 10.0 Å². The molecule has 0 aliphatic heterocycles. The Labute approximate surface area is 95.7 Å². The lowest BCUT2D eigenvalue weighted by molar-refractivity contribution is 0.415. The maximum Gasteiger partial charge on any atom is 0.235 e. The van der Waals surface area contributed by atoms with Crippen molar-refractivity contribution in [1.29, 1.82) is 0 Å². The molecular weight excluding hydrogens is 228 g/mol. The van der Waals surface area contributed by atoms with Crippen LogP contribution >= 0.6 is 0 Å². The molecule has 0 saturated heterocycles. The van der Waals surface area contributed by atoms with Crippen LogP contribution < -0.4 is 15.2 Å². The first-order valence-corrected chi connectivity index (χ1v) is 6.36. The van der Waals surface area contributed by atoms with Crippen molar-refractivity contribution in [3.63, 3.8) is 0 Å². The standard InChI is InChI=1S/C10H16N2O3S/c1-7(2)16(13,14)12-10-6-8(15-3)4-5-9(10)11/h4-7,12H,11H2,1-3H3. The van der Waals surface area contributed by atoms with E-state index in [2.05, 4.69) is 4.72 Å². The van der Waals surface area contributed by atoms with Crippen LogP contribution in [0.5, 0.6) is 5.75 Å². The molecule has 6 heteroatoms. The molecule has 1 aromatic carbocycles. The molecule has 0 spiro atoms. The number of sulfonamides is 1. The first kappa shape index (κ1) is 12.6.